The van der Waals surface area contributed by atoms with Crippen molar-refractivity contribution in [1.82, 2.24) is 5.32 Å². The summed E-state index contributed by atoms with van der Waals surface area (Å²) in [6, 6.07) is 13.0. The van der Waals surface area contributed by atoms with Gasteiger partial charge in [0.25, 0.3) is 0 Å². The number of anilines is 2. The zero-order valence-electron chi connectivity index (χ0n) is 17.2. The maximum Gasteiger partial charge on any atom is 0.240 e. The number of nitrogens with one attached hydrogen (secondary N) is 2. The van der Waals surface area contributed by atoms with Crippen molar-refractivity contribution in [2.45, 2.75) is 19.4 Å². The topological polar surface area (TPSA) is 79.9 Å². The fraction of sp³-hybridized carbons (Fsp3) is 0.364. The van der Waals surface area contributed by atoms with Gasteiger partial charge in [-0.15, -0.1) is 0 Å². The van der Waals surface area contributed by atoms with Gasteiger partial charge in [-0.05, 0) is 54.8 Å². The van der Waals surface area contributed by atoms with Gasteiger partial charge in [-0.25, -0.2) is 0 Å². The first-order valence-corrected chi connectivity index (χ1v) is 9.47. The number of methoxy groups -OCH3 is 2. The van der Waals surface area contributed by atoms with E-state index in [1.54, 1.807) is 20.3 Å². The molecule has 2 amide bonds. The third-order valence-corrected chi connectivity index (χ3v) is 5.16. The number of amides is 2. The molecule has 0 atom stereocenters. The highest BCUT2D eigenvalue weighted by atomic mass is 16.5. The van der Waals surface area contributed by atoms with Crippen LogP contribution < -0.4 is 25.0 Å². The van der Waals surface area contributed by atoms with Gasteiger partial charge in [0.05, 0.1) is 14.2 Å². The monoisotopic (exact) mass is 397 g/mol. The minimum atomic E-state index is -0.989. The van der Waals surface area contributed by atoms with Crippen molar-refractivity contribution in [3.8, 4) is 11.5 Å². The smallest absolute Gasteiger partial charge is 0.240 e. The Morgan fingerprint density at radius 3 is 2.17 bits per heavy atom. The summed E-state index contributed by atoms with van der Waals surface area (Å²) in [5.74, 6) is 0.704. The summed E-state index contributed by atoms with van der Waals surface area (Å²) in [4.78, 5) is 27.4. The Morgan fingerprint density at radius 1 is 0.966 bits per heavy atom. The highest BCUT2D eigenvalue weighted by Crippen LogP contribution is 2.47. The normalized spacial score (nSPS) is 13.9. The summed E-state index contributed by atoms with van der Waals surface area (Å²) < 4.78 is 10.5. The first kappa shape index (κ1) is 20.5. The maximum absolute atomic E-state index is 12.7. The molecular formula is C22H27N3O4. The second kappa shape index (κ2) is 8.43. The van der Waals surface area contributed by atoms with Gasteiger partial charge in [0.15, 0.2) is 11.5 Å². The molecule has 0 radical (unpaired) electrons. The molecule has 0 unspecified atom stereocenters. The van der Waals surface area contributed by atoms with Crippen molar-refractivity contribution in [2.24, 2.45) is 5.41 Å². The van der Waals surface area contributed by atoms with E-state index in [2.05, 4.69) is 10.6 Å². The number of carbonyl (C=O) groups excluding carboxylic acids is 2. The molecular weight excluding hydrogens is 370 g/mol. The van der Waals surface area contributed by atoms with E-state index in [-0.39, 0.29) is 11.8 Å². The average Bonchev–Trinajstić information content (AvgIpc) is 3.54. The molecule has 1 aliphatic rings. The van der Waals surface area contributed by atoms with Gasteiger partial charge in [-0.3, -0.25) is 9.59 Å². The van der Waals surface area contributed by atoms with Crippen LogP contribution in [0, 0.1) is 5.41 Å². The molecule has 0 aromatic heterocycles. The van der Waals surface area contributed by atoms with Crippen LogP contribution in [0.3, 0.4) is 0 Å². The highest BCUT2D eigenvalue weighted by molar-refractivity contribution is 6.13. The van der Waals surface area contributed by atoms with Crippen LogP contribution in [0.15, 0.2) is 42.5 Å². The van der Waals surface area contributed by atoms with Gasteiger partial charge in [0.2, 0.25) is 11.8 Å². The average molecular weight is 397 g/mol. The lowest BCUT2D eigenvalue weighted by Gasteiger charge is -2.17. The van der Waals surface area contributed by atoms with Crippen LogP contribution in [-0.4, -0.2) is 40.1 Å². The molecule has 0 spiro atoms. The minimum absolute atomic E-state index is 0.255. The third-order valence-electron chi connectivity index (χ3n) is 5.16. The SMILES string of the molecule is COc1ccc(CNC(=O)C2(C(=O)Nc3ccc(N(C)C)cc3)CC2)cc1OC. The Morgan fingerprint density at radius 2 is 1.62 bits per heavy atom. The Bertz CT molecular complexity index is 889. The van der Waals surface area contributed by atoms with Crippen molar-refractivity contribution < 1.29 is 19.1 Å². The maximum atomic E-state index is 12.7. The summed E-state index contributed by atoms with van der Waals surface area (Å²) in [6.45, 7) is 0.311. The van der Waals surface area contributed by atoms with Gasteiger partial charge < -0.3 is 25.0 Å². The summed E-state index contributed by atoms with van der Waals surface area (Å²) >= 11 is 0. The lowest BCUT2D eigenvalue weighted by Crippen LogP contribution is -2.39. The molecule has 0 saturated heterocycles. The molecule has 0 aliphatic heterocycles. The lowest BCUT2D eigenvalue weighted by molar-refractivity contribution is -0.134. The zero-order valence-corrected chi connectivity index (χ0v) is 17.2. The van der Waals surface area contributed by atoms with Crippen molar-refractivity contribution in [2.75, 3.05) is 38.5 Å². The van der Waals surface area contributed by atoms with E-state index >= 15 is 0 Å². The zero-order chi connectivity index (χ0) is 21.0. The van der Waals surface area contributed by atoms with Gasteiger partial charge in [0, 0.05) is 32.0 Å². The summed E-state index contributed by atoms with van der Waals surface area (Å²) in [5.41, 5.74) is 1.60. The van der Waals surface area contributed by atoms with E-state index in [0.29, 0.717) is 36.6 Å². The highest BCUT2D eigenvalue weighted by Gasteiger charge is 2.56. The third kappa shape index (κ3) is 4.45. The van der Waals surface area contributed by atoms with Crippen LogP contribution in [-0.2, 0) is 16.1 Å². The molecule has 0 bridgehead atoms. The fourth-order valence-corrected chi connectivity index (χ4v) is 3.12. The lowest BCUT2D eigenvalue weighted by atomic mass is 10.0. The van der Waals surface area contributed by atoms with E-state index < -0.39 is 5.41 Å². The molecule has 2 aromatic carbocycles. The number of benzene rings is 2. The quantitative estimate of drug-likeness (QED) is 0.670. The summed E-state index contributed by atoms with van der Waals surface area (Å²) in [6.07, 6.45) is 1.10. The first-order valence-electron chi connectivity index (χ1n) is 9.47. The number of rotatable bonds is 8. The minimum Gasteiger partial charge on any atom is -0.493 e. The number of carbonyl (C=O) groups is 2. The van der Waals surface area contributed by atoms with Gasteiger partial charge >= 0.3 is 0 Å². The molecule has 7 nitrogen and oxygen atoms in total. The molecule has 29 heavy (non-hydrogen) atoms. The van der Waals surface area contributed by atoms with Crippen molar-refractivity contribution in [3.63, 3.8) is 0 Å². The largest absolute Gasteiger partial charge is 0.493 e. The molecule has 1 aliphatic carbocycles. The van der Waals surface area contributed by atoms with Crippen molar-refractivity contribution >= 4 is 23.2 Å². The molecule has 2 N–H and O–H groups in total. The van der Waals surface area contributed by atoms with Gasteiger partial charge in [-0.2, -0.15) is 0 Å². The Labute approximate surface area is 171 Å². The predicted molar refractivity (Wildman–Crippen MR) is 112 cm³/mol. The Balaban J connectivity index is 1.60. The fourth-order valence-electron chi connectivity index (χ4n) is 3.12. The van der Waals surface area contributed by atoms with Gasteiger partial charge in [0.1, 0.15) is 5.41 Å². The van der Waals surface area contributed by atoms with Crippen LogP contribution >= 0.6 is 0 Å². The van der Waals surface area contributed by atoms with Crippen molar-refractivity contribution in [3.05, 3.63) is 48.0 Å². The molecule has 2 aromatic rings. The second-order valence-electron chi connectivity index (χ2n) is 7.35. The van der Waals surface area contributed by atoms with E-state index in [0.717, 1.165) is 11.3 Å². The molecule has 154 valence electrons. The number of nitrogens with zero attached hydrogens (tertiary/aromatic N) is 1. The summed E-state index contributed by atoms with van der Waals surface area (Å²) in [7, 11) is 7.04. The molecule has 0 heterocycles. The first-order chi connectivity index (χ1) is 13.9. The van der Waals surface area contributed by atoms with E-state index in [4.69, 9.17) is 9.47 Å². The number of hydrogen-bond donors (Lipinski definition) is 2. The van der Waals surface area contributed by atoms with E-state index in [1.165, 1.54) is 0 Å². The molecule has 1 fully saturated rings. The predicted octanol–water partition coefficient (Wildman–Crippen LogP) is 2.80. The molecule has 3 rings (SSSR count). The van der Waals surface area contributed by atoms with Crippen LogP contribution in [0.2, 0.25) is 0 Å². The van der Waals surface area contributed by atoms with Crippen LogP contribution in [0.25, 0.3) is 0 Å². The van der Waals surface area contributed by atoms with Crippen LogP contribution in [0.4, 0.5) is 11.4 Å². The van der Waals surface area contributed by atoms with E-state index in [1.807, 2.05) is 55.4 Å². The Hall–Kier alpha value is -3.22. The van der Waals surface area contributed by atoms with Crippen LogP contribution in [0.1, 0.15) is 18.4 Å². The Kier molecular flexibility index (Phi) is 5.96. The van der Waals surface area contributed by atoms with Crippen molar-refractivity contribution in [1.29, 1.82) is 0 Å². The summed E-state index contributed by atoms with van der Waals surface area (Å²) in [5, 5.41) is 5.75. The number of ether oxygens (including phenoxy) is 2. The van der Waals surface area contributed by atoms with E-state index in [9.17, 15) is 9.59 Å². The molecule has 1 saturated carbocycles. The van der Waals surface area contributed by atoms with Crippen LogP contribution in [0.5, 0.6) is 11.5 Å². The molecule has 7 heteroatoms. The van der Waals surface area contributed by atoms with Gasteiger partial charge in [-0.1, -0.05) is 6.07 Å². The second-order valence-corrected chi connectivity index (χ2v) is 7.35. The number of hydrogen-bond acceptors (Lipinski definition) is 5. The standard InChI is InChI=1S/C22H27N3O4/c1-25(2)17-8-6-16(7-9-17)24-21(27)22(11-12-22)20(26)23-14-15-5-10-18(28-3)19(13-15)29-4/h5-10,13H,11-12,14H2,1-4H3,(H,23,26)(H,24,27).